The molecule has 0 bridgehead atoms. The van der Waals surface area contributed by atoms with E-state index in [1.807, 2.05) is 12.3 Å². The highest BCUT2D eigenvalue weighted by molar-refractivity contribution is 5.88. The fraction of sp³-hybridized carbons (Fsp3) is 0.500. The van der Waals surface area contributed by atoms with E-state index in [1.54, 1.807) is 28.6 Å². The number of nitrogen functional groups attached to an aromatic ring is 1. The van der Waals surface area contributed by atoms with Crippen molar-refractivity contribution in [2.75, 3.05) is 23.7 Å². The smallest absolute Gasteiger partial charge is 0.252 e. The monoisotopic (exact) mass is 448 g/mol. The number of rotatable bonds is 6. The molecule has 33 heavy (non-hydrogen) atoms. The number of aryl methyl sites for hydroxylation is 1. The van der Waals surface area contributed by atoms with Crippen molar-refractivity contribution < 1.29 is 0 Å². The Balaban J connectivity index is 1.72. The molecule has 1 saturated heterocycles. The minimum atomic E-state index is -0.0688. The first-order chi connectivity index (χ1) is 15.9. The number of hydrogen-bond acceptors (Lipinski definition) is 7. The Hall–Kier alpha value is -3.38. The van der Waals surface area contributed by atoms with Gasteiger partial charge in [-0.25, -0.2) is 4.98 Å². The van der Waals surface area contributed by atoms with E-state index >= 15 is 0 Å². The van der Waals surface area contributed by atoms with E-state index in [2.05, 4.69) is 52.8 Å². The van der Waals surface area contributed by atoms with Crippen molar-refractivity contribution in [3.8, 4) is 6.07 Å². The molecule has 0 saturated carbocycles. The van der Waals surface area contributed by atoms with Crippen LogP contribution in [-0.2, 0) is 13.6 Å². The molecule has 1 fully saturated rings. The van der Waals surface area contributed by atoms with Gasteiger partial charge in [0.15, 0.2) is 0 Å². The number of aromatic nitrogens is 4. The SMILES string of the molecule is CC[C@H]1CN([C@@H](C)c2ccc(N)nc2)[C@H](CC)CN1c1cc(=O)n(C)c2cn(CC#N)nc12. The minimum absolute atomic E-state index is 0.0688. The Labute approximate surface area is 194 Å². The van der Waals surface area contributed by atoms with Crippen LogP contribution in [0, 0.1) is 11.3 Å². The van der Waals surface area contributed by atoms with Crippen LogP contribution in [0.15, 0.2) is 35.4 Å². The molecule has 1 aliphatic heterocycles. The number of hydrogen-bond donors (Lipinski definition) is 1. The average molecular weight is 449 g/mol. The second kappa shape index (κ2) is 9.24. The quantitative estimate of drug-likeness (QED) is 0.617. The summed E-state index contributed by atoms with van der Waals surface area (Å²) >= 11 is 0. The van der Waals surface area contributed by atoms with Gasteiger partial charge in [-0.05, 0) is 31.4 Å². The maximum atomic E-state index is 12.8. The van der Waals surface area contributed by atoms with Crippen LogP contribution in [0.4, 0.5) is 11.5 Å². The number of nitriles is 1. The molecule has 0 spiro atoms. The van der Waals surface area contributed by atoms with E-state index in [9.17, 15) is 4.79 Å². The number of nitrogens with zero attached hydrogens (tertiary/aromatic N) is 7. The molecule has 174 valence electrons. The van der Waals surface area contributed by atoms with Gasteiger partial charge in [-0.2, -0.15) is 10.4 Å². The summed E-state index contributed by atoms with van der Waals surface area (Å²) in [5.41, 5.74) is 9.25. The molecule has 4 rings (SSSR count). The third-order valence-corrected chi connectivity index (χ3v) is 6.95. The summed E-state index contributed by atoms with van der Waals surface area (Å²) in [4.78, 5) is 22.0. The van der Waals surface area contributed by atoms with Gasteiger partial charge in [0, 0.05) is 50.5 Å². The summed E-state index contributed by atoms with van der Waals surface area (Å²) in [6, 6.07) is 8.48. The first-order valence-electron chi connectivity index (χ1n) is 11.6. The lowest BCUT2D eigenvalue weighted by atomic mass is 9.97. The molecular weight excluding hydrogens is 416 g/mol. The molecule has 0 amide bonds. The number of piperazine rings is 1. The zero-order chi connectivity index (χ0) is 23.7. The molecule has 0 radical (unpaired) electrons. The van der Waals surface area contributed by atoms with Crippen LogP contribution >= 0.6 is 0 Å². The molecule has 0 aromatic carbocycles. The Morgan fingerprint density at radius 1 is 1.24 bits per heavy atom. The molecule has 0 unspecified atom stereocenters. The second-order valence-corrected chi connectivity index (χ2v) is 8.81. The highest BCUT2D eigenvalue weighted by atomic mass is 16.1. The Morgan fingerprint density at radius 2 is 2.00 bits per heavy atom. The van der Waals surface area contributed by atoms with Gasteiger partial charge in [0.2, 0.25) is 0 Å². The second-order valence-electron chi connectivity index (χ2n) is 8.81. The van der Waals surface area contributed by atoms with E-state index < -0.39 is 0 Å². The highest BCUT2D eigenvalue weighted by Gasteiger charge is 2.36. The Bertz CT molecular complexity index is 1220. The largest absolute Gasteiger partial charge is 0.384 e. The number of pyridine rings is 2. The van der Waals surface area contributed by atoms with Crippen molar-refractivity contribution in [3.05, 3.63) is 46.5 Å². The summed E-state index contributed by atoms with van der Waals surface area (Å²) in [6.07, 6.45) is 5.58. The van der Waals surface area contributed by atoms with Crippen molar-refractivity contribution in [1.29, 1.82) is 5.26 Å². The van der Waals surface area contributed by atoms with Crippen molar-refractivity contribution in [3.63, 3.8) is 0 Å². The number of fused-ring (bicyclic) bond motifs is 1. The van der Waals surface area contributed by atoms with Crippen LogP contribution in [-0.4, -0.2) is 49.4 Å². The fourth-order valence-corrected chi connectivity index (χ4v) is 4.92. The Morgan fingerprint density at radius 3 is 2.64 bits per heavy atom. The fourth-order valence-electron chi connectivity index (χ4n) is 4.92. The van der Waals surface area contributed by atoms with Gasteiger partial charge in [-0.1, -0.05) is 19.9 Å². The predicted molar refractivity (Wildman–Crippen MR) is 130 cm³/mol. The van der Waals surface area contributed by atoms with Crippen molar-refractivity contribution in [2.24, 2.45) is 7.05 Å². The topological polar surface area (TPSA) is 109 Å². The van der Waals surface area contributed by atoms with Crippen LogP contribution in [0.5, 0.6) is 0 Å². The minimum Gasteiger partial charge on any atom is -0.384 e. The molecular formula is C24H32N8O. The molecule has 4 heterocycles. The average Bonchev–Trinajstić information content (AvgIpc) is 3.25. The van der Waals surface area contributed by atoms with Gasteiger partial charge in [-0.3, -0.25) is 14.4 Å². The molecule has 2 N–H and O–H groups in total. The van der Waals surface area contributed by atoms with Crippen molar-refractivity contribution in [2.45, 2.75) is 58.3 Å². The summed E-state index contributed by atoms with van der Waals surface area (Å²) < 4.78 is 3.21. The third-order valence-electron chi connectivity index (χ3n) is 6.95. The van der Waals surface area contributed by atoms with Gasteiger partial charge in [0.1, 0.15) is 17.9 Å². The van der Waals surface area contributed by atoms with E-state index in [0.717, 1.165) is 48.2 Å². The lowest BCUT2D eigenvalue weighted by Crippen LogP contribution is -2.58. The molecule has 3 aromatic rings. The molecule has 9 nitrogen and oxygen atoms in total. The molecule has 0 aliphatic carbocycles. The van der Waals surface area contributed by atoms with E-state index in [1.165, 1.54) is 0 Å². The first-order valence-corrected chi connectivity index (χ1v) is 11.6. The predicted octanol–water partition coefficient (Wildman–Crippen LogP) is 2.68. The summed E-state index contributed by atoms with van der Waals surface area (Å²) in [7, 11) is 1.75. The third kappa shape index (κ3) is 4.18. The maximum Gasteiger partial charge on any atom is 0.252 e. The zero-order valence-corrected chi connectivity index (χ0v) is 19.8. The van der Waals surface area contributed by atoms with Crippen molar-refractivity contribution >= 4 is 22.5 Å². The molecule has 1 aliphatic rings. The number of nitrogens with two attached hydrogens (primary N) is 1. The summed E-state index contributed by atoms with van der Waals surface area (Å²) in [5, 5.41) is 13.8. The molecule has 3 aromatic heterocycles. The first kappa shape index (κ1) is 22.8. The highest BCUT2D eigenvalue weighted by Crippen LogP contribution is 2.34. The van der Waals surface area contributed by atoms with E-state index in [-0.39, 0.29) is 24.2 Å². The van der Waals surface area contributed by atoms with Crippen LogP contribution in [0.25, 0.3) is 11.0 Å². The van der Waals surface area contributed by atoms with Crippen LogP contribution in [0.2, 0.25) is 0 Å². The van der Waals surface area contributed by atoms with Gasteiger partial charge >= 0.3 is 0 Å². The van der Waals surface area contributed by atoms with Crippen LogP contribution < -0.4 is 16.2 Å². The summed E-state index contributed by atoms with van der Waals surface area (Å²) in [6.45, 7) is 8.43. The standard InChI is InChI=1S/C24H32N8O/c1-5-18-14-32(19(6-2)13-31(18)16(3)17-7-8-22(26)27-12-17)20-11-23(33)29(4)21-15-30(10-9-25)28-24(20)21/h7-8,11-12,15-16,18-19H,5-6,10,13-14H2,1-4H3,(H2,26,27)/t16-,18+,19-/m0/s1. The Kier molecular flexibility index (Phi) is 6.38. The lowest BCUT2D eigenvalue weighted by molar-refractivity contribution is 0.101. The maximum absolute atomic E-state index is 12.8. The van der Waals surface area contributed by atoms with Gasteiger partial charge in [-0.15, -0.1) is 0 Å². The van der Waals surface area contributed by atoms with Gasteiger partial charge in [0.05, 0.1) is 23.5 Å². The van der Waals surface area contributed by atoms with Gasteiger partial charge in [0.25, 0.3) is 5.56 Å². The van der Waals surface area contributed by atoms with Crippen LogP contribution in [0.3, 0.4) is 0 Å². The lowest BCUT2D eigenvalue weighted by Gasteiger charge is -2.49. The summed E-state index contributed by atoms with van der Waals surface area (Å²) in [5.74, 6) is 0.528. The molecule has 3 atom stereocenters. The van der Waals surface area contributed by atoms with Crippen LogP contribution in [0.1, 0.15) is 45.2 Å². The van der Waals surface area contributed by atoms with E-state index in [4.69, 9.17) is 11.0 Å². The van der Waals surface area contributed by atoms with Gasteiger partial charge < -0.3 is 15.2 Å². The van der Waals surface area contributed by atoms with E-state index in [0.29, 0.717) is 11.9 Å². The number of anilines is 2. The molecule has 9 heteroatoms. The normalized spacial score (nSPS) is 20.2. The van der Waals surface area contributed by atoms with Crippen molar-refractivity contribution in [1.82, 2.24) is 24.2 Å². The zero-order valence-electron chi connectivity index (χ0n) is 19.8.